The second kappa shape index (κ2) is 8.35. The number of aryl methyl sites for hydroxylation is 1. The van der Waals surface area contributed by atoms with Crippen molar-refractivity contribution >= 4 is 29.2 Å². The maximum atomic E-state index is 14.3. The Balaban J connectivity index is 2.32. The van der Waals surface area contributed by atoms with Crippen LogP contribution >= 0.6 is 23.2 Å². The number of hydrogen-bond acceptors (Lipinski definition) is 4. The van der Waals surface area contributed by atoms with E-state index in [1.807, 2.05) is 0 Å². The van der Waals surface area contributed by atoms with E-state index in [1.165, 1.54) is 0 Å². The first-order valence-corrected chi connectivity index (χ1v) is 8.39. The quantitative estimate of drug-likeness (QED) is 0.373. The van der Waals surface area contributed by atoms with Gasteiger partial charge >= 0.3 is 12.1 Å². The molecule has 0 atom stereocenters. The largest absolute Gasteiger partial charge is 0.488 e. The highest BCUT2D eigenvalue weighted by Crippen LogP contribution is 2.41. The molecule has 0 aliphatic rings. The molecule has 2 aromatic rings. The van der Waals surface area contributed by atoms with E-state index in [0.29, 0.717) is 4.68 Å². The number of esters is 1. The zero-order valence-electron chi connectivity index (χ0n) is 14.2. The van der Waals surface area contributed by atoms with E-state index < -0.39 is 34.4 Å². The van der Waals surface area contributed by atoms with Gasteiger partial charge in [0.15, 0.2) is 5.69 Å². The van der Waals surface area contributed by atoms with Crippen molar-refractivity contribution in [2.75, 3.05) is 13.2 Å². The van der Waals surface area contributed by atoms with Gasteiger partial charge in [-0.25, -0.2) is 4.39 Å². The Morgan fingerprint density at radius 2 is 1.93 bits per heavy atom. The summed E-state index contributed by atoms with van der Waals surface area (Å²) in [5.74, 6) is -1.36. The molecule has 27 heavy (non-hydrogen) atoms. The van der Waals surface area contributed by atoms with Gasteiger partial charge in [-0.1, -0.05) is 30.1 Å². The summed E-state index contributed by atoms with van der Waals surface area (Å²) in [7, 11) is 1.05. The van der Waals surface area contributed by atoms with Gasteiger partial charge in [0, 0.05) is 19.0 Å². The van der Waals surface area contributed by atoms with Crippen molar-refractivity contribution in [3.05, 3.63) is 33.7 Å². The van der Waals surface area contributed by atoms with Crippen LogP contribution in [0.5, 0.6) is 5.75 Å². The van der Waals surface area contributed by atoms with Crippen molar-refractivity contribution in [2.45, 2.75) is 19.5 Å². The van der Waals surface area contributed by atoms with Gasteiger partial charge in [-0.3, -0.25) is 9.48 Å². The molecule has 2 rings (SSSR count). The zero-order chi connectivity index (χ0) is 20.4. The number of rotatable bonds is 6. The molecule has 0 unspecified atom stereocenters. The van der Waals surface area contributed by atoms with E-state index in [1.54, 1.807) is 6.92 Å². The predicted molar refractivity (Wildman–Crippen MR) is 90.4 cm³/mol. The fourth-order valence-electron chi connectivity index (χ4n) is 2.21. The molecule has 0 bridgehead atoms. The van der Waals surface area contributed by atoms with Crippen molar-refractivity contribution in [1.29, 1.82) is 0 Å². The molecule has 1 aromatic heterocycles. The van der Waals surface area contributed by atoms with Crippen molar-refractivity contribution in [1.82, 2.24) is 9.78 Å². The van der Waals surface area contributed by atoms with Gasteiger partial charge in [-0.15, -0.1) is 0 Å². The maximum absolute atomic E-state index is 14.3. The molecular formula is C16H14Cl2F4N2O3. The van der Waals surface area contributed by atoms with Gasteiger partial charge < -0.3 is 9.47 Å². The molecule has 1 heterocycles. The van der Waals surface area contributed by atoms with Crippen molar-refractivity contribution in [3.63, 3.8) is 0 Å². The van der Waals surface area contributed by atoms with Crippen molar-refractivity contribution in [3.8, 4) is 17.0 Å². The first-order valence-electron chi connectivity index (χ1n) is 7.63. The van der Waals surface area contributed by atoms with Crippen LogP contribution in [0.15, 0.2) is 12.1 Å². The Morgan fingerprint density at radius 3 is 2.48 bits per heavy atom. The Hall–Kier alpha value is -2.00. The van der Waals surface area contributed by atoms with Crippen LogP contribution in [-0.2, 0) is 22.8 Å². The molecule has 148 valence electrons. The van der Waals surface area contributed by atoms with E-state index in [9.17, 15) is 22.4 Å². The van der Waals surface area contributed by atoms with E-state index in [0.717, 1.165) is 19.2 Å². The van der Waals surface area contributed by atoms with E-state index in [2.05, 4.69) is 5.10 Å². The summed E-state index contributed by atoms with van der Waals surface area (Å²) in [5.41, 5.74) is -1.92. The molecule has 0 fully saturated rings. The number of carbonyl (C=O) groups excluding carboxylic acids is 1. The number of benzene rings is 1. The lowest BCUT2D eigenvalue weighted by Crippen LogP contribution is -2.12. The highest BCUT2D eigenvalue weighted by atomic mass is 35.5. The lowest BCUT2D eigenvalue weighted by atomic mass is 10.1. The average Bonchev–Trinajstić information content (AvgIpc) is 2.87. The summed E-state index contributed by atoms with van der Waals surface area (Å²) in [5, 5.41) is 2.81. The van der Waals surface area contributed by atoms with Gasteiger partial charge in [0.1, 0.15) is 30.5 Å². The number of ether oxygens (including phenoxy) is 2. The molecule has 0 aliphatic heterocycles. The molecule has 0 spiro atoms. The van der Waals surface area contributed by atoms with Crippen molar-refractivity contribution in [2.24, 2.45) is 7.05 Å². The molecule has 11 heteroatoms. The minimum atomic E-state index is -4.76. The second-order valence-corrected chi connectivity index (χ2v) is 6.10. The van der Waals surface area contributed by atoms with Gasteiger partial charge in [0.25, 0.3) is 0 Å². The van der Waals surface area contributed by atoms with E-state index in [4.69, 9.17) is 32.7 Å². The Labute approximate surface area is 161 Å². The molecule has 0 amide bonds. The highest BCUT2D eigenvalue weighted by molar-refractivity contribution is 6.34. The standard InChI is InChI=1S/C16H14Cl2F4N2O3/c1-3-12(25)27-5-4-26-11-6-8(10(19)7-9(11)17)14-13(18)15(16(20,21)22)24(2)23-14/h6-7H,3-5H2,1-2H3. The smallest absolute Gasteiger partial charge is 0.434 e. The SMILES string of the molecule is CCC(=O)OCCOc1cc(-c2nn(C)c(C(F)(F)F)c2Cl)c(F)cc1Cl. The predicted octanol–water partition coefficient (Wildman–Crippen LogP) is 4.88. The minimum absolute atomic E-state index is 0.0177. The minimum Gasteiger partial charge on any atom is -0.488 e. The van der Waals surface area contributed by atoms with Crippen LogP contribution in [0.25, 0.3) is 11.3 Å². The normalized spacial score (nSPS) is 11.6. The third kappa shape index (κ3) is 4.84. The number of alkyl halides is 3. The van der Waals surface area contributed by atoms with Crippen LogP contribution in [-0.4, -0.2) is 29.0 Å². The summed E-state index contributed by atoms with van der Waals surface area (Å²) in [6, 6.07) is 1.97. The highest BCUT2D eigenvalue weighted by Gasteiger charge is 2.39. The average molecular weight is 429 g/mol. The fraction of sp³-hybridized carbons (Fsp3) is 0.375. The Bertz CT molecular complexity index is 853. The Morgan fingerprint density at radius 1 is 1.26 bits per heavy atom. The molecule has 0 saturated carbocycles. The number of nitrogens with zero attached hydrogens (tertiary/aromatic N) is 2. The van der Waals surface area contributed by atoms with Crippen LogP contribution in [0.1, 0.15) is 19.0 Å². The summed E-state index contributed by atoms with van der Waals surface area (Å²) < 4.78 is 64.1. The van der Waals surface area contributed by atoms with E-state index >= 15 is 0 Å². The zero-order valence-corrected chi connectivity index (χ0v) is 15.7. The third-order valence-corrected chi connectivity index (χ3v) is 4.08. The summed E-state index contributed by atoms with van der Waals surface area (Å²) in [6.45, 7) is 1.47. The van der Waals surface area contributed by atoms with Crippen LogP contribution in [0, 0.1) is 5.82 Å². The lowest BCUT2D eigenvalue weighted by molar-refractivity contribution is -0.144. The summed E-state index contributed by atoms with van der Waals surface area (Å²) in [6.07, 6.45) is -4.57. The summed E-state index contributed by atoms with van der Waals surface area (Å²) >= 11 is 11.7. The van der Waals surface area contributed by atoms with E-state index in [-0.39, 0.29) is 36.0 Å². The topological polar surface area (TPSA) is 53.4 Å². The molecule has 0 radical (unpaired) electrons. The first kappa shape index (κ1) is 21.3. The molecule has 0 saturated heterocycles. The van der Waals surface area contributed by atoms with Gasteiger partial charge in [-0.05, 0) is 12.1 Å². The van der Waals surface area contributed by atoms with Gasteiger partial charge in [0.2, 0.25) is 0 Å². The number of hydrogen-bond donors (Lipinski definition) is 0. The Kier molecular flexibility index (Phi) is 6.59. The van der Waals surface area contributed by atoms with Gasteiger partial charge in [0.05, 0.1) is 10.0 Å². The van der Waals surface area contributed by atoms with Gasteiger partial charge in [-0.2, -0.15) is 18.3 Å². The maximum Gasteiger partial charge on any atom is 0.434 e. The molecule has 0 N–H and O–H groups in total. The molecule has 5 nitrogen and oxygen atoms in total. The number of halogens is 6. The third-order valence-electron chi connectivity index (χ3n) is 3.43. The monoisotopic (exact) mass is 428 g/mol. The van der Waals surface area contributed by atoms with Crippen molar-refractivity contribution < 1.29 is 31.8 Å². The lowest BCUT2D eigenvalue weighted by Gasteiger charge is -2.11. The number of aromatic nitrogens is 2. The molecular weight excluding hydrogens is 415 g/mol. The van der Waals surface area contributed by atoms with Crippen LogP contribution in [0.3, 0.4) is 0 Å². The summed E-state index contributed by atoms with van der Waals surface area (Å²) in [4.78, 5) is 11.1. The molecule has 0 aliphatic carbocycles. The van der Waals surface area contributed by atoms with Crippen LogP contribution < -0.4 is 4.74 Å². The van der Waals surface area contributed by atoms with Crippen LogP contribution in [0.2, 0.25) is 10.0 Å². The first-order chi connectivity index (χ1) is 12.6. The second-order valence-electron chi connectivity index (χ2n) is 5.32. The fourth-order valence-corrected chi connectivity index (χ4v) is 2.78. The number of carbonyl (C=O) groups is 1. The molecule has 1 aromatic carbocycles. The van der Waals surface area contributed by atoms with Crippen LogP contribution in [0.4, 0.5) is 17.6 Å².